The largest absolute Gasteiger partial charge is 0.376 e. The number of rotatable bonds is 4. The number of amides is 1. The maximum Gasteiger partial charge on any atom is 0.273 e. The van der Waals surface area contributed by atoms with Gasteiger partial charge >= 0.3 is 0 Å². The average Bonchev–Trinajstić information content (AvgIpc) is 3.17. The number of carbonyl (C=O) groups excluding carboxylic acids is 1. The minimum Gasteiger partial charge on any atom is -0.376 e. The van der Waals surface area contributed by atoms with Gasteiger partial charge in [0.2, 0.25) is 0 Å². The standard InChI is InChI=1S/C14H22N4O2/c19-14(15-9-12-7-4-8-20-12)13-10-18(17-16-13)11-5-2-1-3-6-11/h10-12H,1-9H2,(H,15,19). The quantitative estimate of drug-likeness (QED) is 0.910. The smallest absolute Gasteiger partial charge is 0.273 e. The fraction of sp³-hybridized carbons (Fsp3) is 0.786. The third-order valence-electron chi connectivity index (χ3n) is 4.21. The van der Waals surface area contributed by atoms with Crippen molar-refractivity contribution in [3.05, 3.63) is 11.9 Å². The average molecular weight is 278 g/mol. The van der Waals surface area contributed by atoms with E-state index in [-0.39, 0.29) is 12.0 Å². The first kappa shape index (κ1) is 13.5. The molecule has 2 aliphatic rings. The molecule has 1 amide bonds. The number of hydrogen-bond acceptors (Lipinski definition) is 4. The Morgan fingerprint density at radius 3 is 2.90 bits per heavy atom. The van der Waals surface area contributed by atoms with Crippen LogP contribution in [0.25, 0.3) is 0 Å². The first-order chi connectivity index (χ1) is 9.83. The summed E-state index contributed by atoms with van der Waals surface area (Å²) in [6.07, 6.45) is 10.1. The molecule has 1 aromatic heterocycles. The predicted octanol–water partition coefficient (Wildman–Crippen LogP) is 1.69. The van der Waals surface area contributed by atoms with Crippen LogP contribution in [0.5, 0.6) is 0 Å². The monoisotopic (exact) mass is 278 g/mol. The van der Waals surface area contributed by atoms with Crippen LogP contribution < -0.4 is 5.32 Å². The lowest BCUT2D eigenvalue weighted by Gasteiger charge is -2.20. The molecule has 0 bridgehead atoms. The van der Waals surface area contributed by atoms with E-state index in [2.05, 4.69) is 15.6 Å². The summed E-state index contributed by atoms with van der Waals surface area (Å²) in [4.78, 5) is 12.0. The lowest BCUT2D eigenvalue weighted by molar-refractivity contribution is 0.0853. The summed E-state index contributed by atoms with van der Waals surface area (Å²) < 4.78 is 7.34. The van der Waals surface area contributed by atoms with Crippen LogP contribution in [0, 0.1) is 0 Å². The van der Waals surface area contributed by atoms with E-state index in [0.29, 0.717) is 18.3 Å². The summed E-state index contributed by atoms with van der Waals surface area (Å²) in [5.74, 6) is -0.150. The highest BCUT2D eigenvalue weighted by atomic mass is 16.5. The number of nitrogens with zero attached hydrogens (tertiary/aromatic N) is 3. The van der Waals surface area contributed by atoms with Crippen molar-refractivity contribution in [1.82, 2.24) is 20.3 Å². The zero-order chi connectivity index (χ0) is 13.8. The maximum atomic E-state index is 12.0. The highest BCUT2D eigenvalue weighted by molar-refractivity contribution is 5.91. The van der Waals surface area contributed by atoms with Gasteiger partial charge in [0.15, 0.2) is 5.69 Å². The van der Waals surface area contributed by atoms with E-state index in [1.807, 2.05) is 4.68 Å². The second-order valence-electron chi connectivity index (χ2n) is 5.72. The molecule has 3 rings (SSSR count). The SMILES string of the molecule is O=C(NCC1CCCO1)c1cn(C2CCCCC2)nn1. The lowest BCUT2D eigenvalue weighted by atomic mass is 9.96. The second-order valence-corrected chi connectivity index (χ2v) is 5.72. The number of nitrogens with one attached hydrogen (secondary N) is 1. The molecule has 0 radical (unpaired) electrons. The van der Waals surface area contributed by atoms with Gasteiger partial charge in [-0.25, -0.2) is 4.68 Å². The van der Waals surface area contributed by atoms with Crippen LogP contribution in [0.1, 0.15) is 61.5 Å². The molecule has 0 aromatic carbocycles. The maximum absolute atomic E-state index is 12.0. The van der Waals surface area contributed by atoms with Crippen molar-refractivity contribution in [3.8, 4) is 0 Å². The van der Waals surface area contributed by atoms with Crippen molar-refractivity contribution >= 4 is 5.91 Å². The van der Waals surface area contributed by atoms with E-state index in [0.717, 1.165) is 32.3 Å². The zero-order valence-electron chi connectivity index (χ0n) is 11.8. The Morgan fingerprint density at radius 1 is 1.30 bits per heavy atom. The van der Waals surface area contributed by atoms with Crippen molar-refractivity contribution in [2.24, 2.45) is 0 Å². The lowest BCUT2D eigenvalue weighted by Crippen LogP contribution is -2.32. The van der Waals surface area contributed by atoms with Gasteiger partial charge in [-0.3, -0.25) is 4.79 Å². The highest BCUT2D eigenvalue weighted by Crippen LogP contribution is 2.27. The van der Waals surface area contributed by atoms with E-state index in [1.165, 1.54) is 19.3 Å². The van der Waals surface area contributed by atoms with Gasteiger partial charge in [-0.15, -0.1) is 5.10 Å². The van der Waals surface area contributed by atoms with Crippen molar-refractivity contribution in [2.75, 3.05) is 13.2 Å². The molecule has 2 heterocycles. The van der Waals surface area contributed by atoms with Crippen LogP contribution in [0.3, 0.4) is 0 Å². The van der Waals surface area contributed by atoms with Crippen molar-refractivity contribution < 1.29 is 9.53 Å². The van der Waals surface area contributed by atoms with Gasteiger partial charge in [-0.2, -0.15) is 0 Å². The van der Waals surface area contributed by atoms with Crippen LogP contribution in [0.4, 0.5) is 0 Å². The summed E-state index contributed by atoms with van der Waals surface area (Å²) in [7, 11) is 0. The molecule has 1 N–H and O–H groups in total. The van der Waals surface area contributed by atoms with Crippen LogP contribution in [0.15, 0.2) is 6.20 Å². The van der Waals surface area contributed by atoms with E-state index in [9.17, 15) is 4.79 Å². The van der Waals surface area contributed by atoms with Gasteiger partial charge in [-0.05, 0) is 25.7 Å². The Hall–Kier alpha value is -1.43. The van der Waals surface area contributed by atoms with Crippen molar-refractivity contribution in [3.63, 3.8) is 0 Å². The molecule has 1 atom stereocenters. The van der Waals surface area contributed by atoms with Gasteiger partial charge in [-0.1, -0.05) is 24.5 Å². The van der Waals surface area contributed by atoms with Crippen molar-refractivity contribution in [1.29, 1.82) is 0 Å². The fourth-order valence-corrected chi connectivity index (χ4v) is 3.01. The topological polar surface area (TPSA) is 69.0 Å². The van der Waals surface area contributed by atoms with E-state index < -0.39 is 0 Å². The van der Waals surface area contributed by atoms with Crippen LogP contribution in [-0.4, -0.2) is 40.2 Å². The molecule has 1 aliphatic carbocycles. The minimum absolute atomic E-state index is 0.150. The number of hydrogen-bond donors (Lipinski definition) is 1. The molecule has 110 valence electrons. The van der Waals surface area contributed by atoms with Crippen LogP contribution >= 0.6 is 0 Å². The molecule has 0 spiro atoms. The van der Waals surface area contributed by atoms with Crippen molar-refractivity contribution in [2.45, 2.75) is 57.1 Å². The summed E-state index contributed by atoms with van der Waals surface area (Å²) in [5.41, 5.74) is 0.411. The molecule has 1 saturated carbocycles. The Kier molecular flexibility index (Phi) is 4.30. The van der Waals surface area contributed by atoms with Crippen LogP contribution in [0.2, 0.25) is 0 Å². The Labute approximate surface area is 118 Å². The summed E-state index contributed by atoms with van der Waals surface area (Å²) in [6.45, 7) is 1.37. The third kappa shape index (κ3) is 3.17. The fourth-order valence-electron chi connectivity index (χ4n) is 3.01. The molecule has 1 unspecified atom stereocenters. The van der Waals surface area contributed by atoms with Gasteiger partial charge in [0, 0.05) is 13.2 Å². The Bertz CT molecular complexity index is 448. The van der Waals surface area contributed by atoms with Gasteiger partial charge in [0.05, 0.1) is 18.3 Å². The molecule has 20 heavy (non-hydrogen) atoms. The second kappa shape index (κ2) is 6.35. The predicted molar refractivity (Wildman–Crippen MR) is 73.5 cm³/mol. The first-order valence-corrected chi connectivity index (χ1v) is 7.64. The number of aromatic nitrogens is 3. The summed E-state index contributed by atoms with van der Waals surface area (Å²) in [5, 5.41) is 11.0. The molecule has 2 fully saturated rings. The van der Waals surface area contributed by atoms with E-state index in [1.54, 1.807) is 6.20 Å². The number of carbonyl (C=O) groups is 1. The molecule has 6 heteroatoms. The summed E-state index contributed by atoms with van der Waals surface area (Å²) in [6, 6.07) is 0.413. The zero-order valence-corrected chi connectivity index (χ0v) is 11.8. The molecular formula is C14H22N4O2. The number of ether oxygens (including phenoxy) is 1. The summed E-state index contributed by atoms with van der Waals surface area (Å²) >= 11 is 0. The van der Waals surface area contributed by atoms with Gasteiger partial charge < -0.3 is 10.1 Å². The Balaban J connectivity index is 1.53. The highest BCUT2D eigenvalue weighted by Gasteiger charge is 2.20. The third-order valence-corrected chi connectivity index (χ3v) is 4.21. The molecule has 6 nitrogen and oxygen atoms in total. The molecule has 1 aromatic rings. The normalized spacial score (nSPS) is 23.9. The van der Waals surface area contributed by atoms with E-state index in [4.69, 9.17) is 4.74 Å². The van der Waals surface area contributed by atoms with E-state index >= 15 is 0 Å². The Morgan fingerprint density at radius 2 is 2.15 bits per heavy atom. The van der Waals surface area contributed by atoms with Crippen LogP contribution in [-0.2, 0) is 4.74 Å². The molecule has 1 saturated heterocycles. The minimum atomic E-state index is -0.150. The van der Waals surface area contributed by atoms with Gasteiger partial charge in [0.1, 0.15) is 0 Å². The first-order valence-electron chi connectivity index (χ1n) is 7.64. The molecule has 1 aliphatic heterocycles. The van der Waals surface area contributed by atoms with Gasteiger partial charge in [0.25, 0.3) is 5.91 Å². The molecular weight excluding hydrogens is 256 g/mol.